The number of aromatic nitrogens is 2. The van der Waals surface area contributed by atoms with Gasteiger partial charge in [0, 0.05) is 45.2 Å². The lowest BCUT2D eigenvalue weighted by molar-refractivity contribution is -0.136. The third-order valence-corrected chi connectivity index (χ3v) is 6.70. The Morgan fingerprint density at radius 2 is 1.66 bits per heavy atom. The summed E-state index contributed by atoms with van der Waals surface area (Å²) in [7, 11) is 0. The number of carbonyl (C=O) groups excluding carboxylic acids is 1. The minimum Gasteiger partial charge on any atom is -0.463 e. The zero-order valence-electron chi connectivity index (χ0n) is 17.9. The third kappa shape index (κ3) is 4.30. The molecule has 4 heterocycles. The normalized spacial score (nSPS) is 17.6. The zero-order chi connectivity index (χ0) is 21.9. The van der Waals surface area contributed by atoms with Crippen LogP contribution in [0.25, 0.3) is 11.5 Å². The zero-order valence-corrected chi connectivity index (χ0v) is 18.6. The molecule has 5 rings (SSSR count). The van der Waals surface area contributed by atoms with Crippen molar-refractivity contribution in [3.63, 3.8) is 0 Å². The smallest absolute Gasteiger partial charge is 0.225 e. The monoisotopic (exact) mass is 451 g/mol. The number of furan rings is 1. The number of rotatable bonds is 4. The van der Waals surface area contributed by atoms with Crippen molar-refractivity contribution in [2.75, 3.05) is 49.1 Å². The minimum absolute atomic E-state index is 0.0773. The molecule has 7 nitrogen and oxygen atoms in total. The van der Waals surface area contributed by atoms with Crippen LogP contribution in [0.3, 0.4) is 0 Å². The van der Waals surface area contributed by atoms with Crippen molar-refractivity contribution in [2.24, 2.45) is 5.92 Å². The van der Waals surface area contributed by atoms with E-state index in [4.69, 9.17) is 16.0 Å². The predicted octanol–water partition coefficient (Wildman–Crippen LogP) is 3.96. The fourth-order valence-corrected chi connectivity index (χ4v) is 4.79. The second-order valence-corrected chi connectivity index (χ2v) is 8.69. The van der Waals surface area contributed by atoms with E-state index in [1.165, 1.54) is 0 Å². The van der Waals surface area contributed by atoms with Gasteiger partial charge in [0.05, 0.1) is 17.0 Å². The predicted molar refractivity (Wildman–Crippen MR) is 125 cm³/mol. The van der Waals surface area contributed by atoms with Gasteiger partial charge in [-0.2, -0.15) is 0 Å². The van der Waals surface area contributed by atoms with Gasteiger partial charge >= 0.3 is 0 Å². The Balaban J connectivity index is 1.13. The number of halogens is 1. The topological polar surface area (TPSA) is 65.7 Å². The molecule has 0 N–H and O–H groups in total. The summed E-state index contributed by atoms with van der Waals surface area (Å²) >= 11 is 6.34. The van der Waals surface area contributed by atoms with Gasteiger partial charge in [-0.25, -0.2) is 0 Å². The maximum atomic E-state index is 13.1. The summed E-state index contributed by atoms with van der Waals surface area (Å²) in [6.07, 6.45) is 3.31. The summed E-state index contributed by atoms with van der Waals surface area (Å²) in [6, 6.07) is 15.5. The van der Waals surface area contributed by atoms with E-state index in [-0.39, 0.29) is 11.8 Å². The van der Waals surface area contributed by atoms with Crippen LogP contribution in [-0.2, 0) is 4.79 Å². The average Bonchev–Trinajstić information content (AvgIpc) is 3.39. The van der Waals surface area contributed by atoms with Gasteiger partial charge in [0.1, 0.15) is 5.69 Å². The summed E-state index contributed by atoms with van der Waals surface area (Å²) in [5.41, 5.74) is 1.77. The van der Waals surface area contributed by atoms with Crippen LogP contribution in [-0.4, -0.2) is 60.3 Å². The van der Waals surface area contributed by atoms with Gasteiger partial charge in [-0.1, -0.05) is 23.7 Å². The van der Waals surface area contributed by atoms with Crippen molar-refractivity contribution in [3.8, 4) is 11.5 Å². The van der Waals surface area contributed by atoms with Crippen LogP contribution in [0, 0.1) is 5.92 Å². The summed E-state index contributed by atoms with van der Waals surface area (Å²) < 4.78 is 5.37. The number of benzene rings is 1. The number of anilines is 2. The van der Waals surface area contributed by atoms with Crippen LogP contribution in [0.4, 0.5) is 11.5 Å². The number of para-hydroxylation sites is 1. The molecule has 2 fully saturated rings. The van der Waals surface area contributed by atoms with Gasteiger partial charge in [-0.05, 0) is 49.2 Å². The van der Waals surface area contributed by atoms with Crippen molar-refractivity contribution in [3.05, 3.63) is 59.8 Å². The van der Waals surface area contributed by atoms with Crippen molar-refractivity contribution in [2.45, 2.75) is 12.8 Å². The third-order valence-electron chi connectivity index (χ3n) is 6.38. The molecule has 3 aromatic rings. The lowest BCUT2D eigenvalue weighted by atomic mass is 9.95. The maximum Gasteiger partial charge on any atom is 0.225 e. The minimum atomic E-state index is 0.0773. The molecule has 1 aromatic carbocycles. The largest absolute Gasteiger partial charge is 0.463 e. The molecule has 2 aliphatic heterocycles. The molecule has 0 unspecified atom stereocenters. The second kappa shape index (κ2) is 9.20. The fraction of sp³-hybridized carbons (Fsp3) is 0.375. The van der Waals surface area contributed by atoms with Gasteiger partial charge < -0.3 is 19.1 Å². The molecule has 2 aromatic heterocycles. The Bertz CT molecular complexity index is 1040. The first kappa shape index (κ1) is 20.8. The van der Waals surface area contributed by atoms with E-state index in [0.717, 1.165) is 74.3 Å². The van der Waals surface area contributed by atoms with E-state index >= 15 is 0 Å². The first-order valence-electron chi connectivity index (χ1n) is 11.1. The van der Waals surface area contributed by atoms with Crippen LogP contribution in [0.5, 0.6) is 0 Å². The number of nitrogens with zero attached hydrogens (tertiary/aromatic N) is 5. The molecule has 0 spiro atoms. The molecule has 32 heavy (non-hydrogen) atoms. The molecule has 1 amide bonds. The molecule has 0 aliphatic carbocycles. The fourth-order valence-electron chi connectivity index (χ4n) is 4.54. The Morgan fingerprint density at radius 1 is 0.875 bits per heavy atom. The first-order chi connectivity index (χ1) is 15.7. The van der Waals surface area contributed by atoms with E-state index in [1.54, 1.807) is 6.26 Å². The van der Waals surface area contributed by atoms with Crippen LogP contribution in [0.15, 0.2) is 59.2 Å². The van der Waals surface area contributed by atoms with Crippen molar-refractivity contribution >= 4 is 29.0 Å². The van der Waals surface area contributed by atoms with Crippen molar-refractivity contribution in [1.82, 2.24) is 15.1 Å². The van der Waals surface area contributed by atoms with E-state index in [0.29, 0.717) is 5.76 Å². The molecule has 8 heteroatoms. The number of hydrogen-bond donors (Lipinski definition) is 0. The van der Waals surface area contributed by atoms with Gasteiger partial charge in [-0.3, -0.25) is 4.79 Å². The van der Waals surface area contributed by atoms with E-state index in [1.807, 2.05) is 53.4 Å². The SMILES string of the molecule is O=C(C1CCN(c2ccc(-c3ccco3)nn2)CC1)N1CCN(c2ccccc2Cl)CC1. The van der Waals surface area contributed by atoms with E-state index < -0.39 is 0 Å². The highest BCUT2D eigenvalue weighted by atomic mass is 35.5. The first-order valence-corrected chi connectivity index (χ1v) is 11.5. The molecular formula is C24H26ClN5O2. The number of carbonyl (C=O) groups is 1. The van der Waals surface area contributed by atoms with Gasteiger partial charge in [0.25, 0.3) is 0 Å². The van der Waals surface area contributed by atoms with Gasteiger partial charge in [-0.15, -0.1) is 10.2 Å². The van der Waals surface area contributed by atoms with Crippen LogP contribution >= 0.6 is 11.6 Å². The van der Waals surface area contributed by atoms with Crippen molar-refractivity contribution in [1.29, 1.82) is 0 Å². The molecule has 2 aliphatic rings. The number of hydrogen-bond acceptors (Lipinski definition) is 6. The second-order valence-electron chi connectivity index (χ2n) is 8.28. The lowest BCUT2D eigenvalue weighted by Gasteiger charge is -2.39. The summed E-state index contributed by atoms with van der Waals surface area (Å²) in [5.74, 6) is 1.92. The standard InChI is InChI=1S/C24H26ClN5O2/c25-19-4-1-2-5-21(19)28-13-15-30(16-14-28)24(31)18-9-11-29(12-10-18)23-8-7-20(26-27-23)22-6-3-17-32-22/h1-8,17-18H,9-16H2. The van der Waals surface area contributed by atoms with Crippen LogP contribution < -0.4 is 9.80 Å². The molecular weight excluding hydrogens is 426 g/mol. The summed E-state index contributed by atoms with van der Waals surface area (Å²) in [5, 5.41) is 9.42. The van der Waals surface area contributed by atoms with Crippen LogP contribution in [0.1, 0.15) is 12.8 Å². The number of piperazine rings is 1. The summed E-state index contributed by atoms with van der Waals surface area (Å²) in [6.45, 7) is 4.72. The molecule has 0 atom stereocenters. The van der Waals surface area contributed by atoms with E-state index in [9.17, 15) is 4.79 Å². The Hall–Kier alpha value is -3.06. The van der Waals surface area contributed by atoms with E-state index in [2.05, 4.69) is 20.0 Å². The number of piperidine rings is 1. The Kier molecular flexibility index (Phi) is 5.99. The quantitative estimate of drug-likeness (QED) is 0.598. The molecule has 166 valence electrons. The highest BCUT2D eigenvalue weighted by Crippen LogP contribution is 2.28. The highest BCUT2D eigenvalue weighted by Gasteiger charge is 2.31. The molecule has 0 radical (unpaired) electrons. The van der Waals surface area contributed by atoms with Gasteiger partial charge in [0.15, 0.2) is 11.6 Å². The molecule has 2 saturated heterocycles. The van der Waals surface area contributed by atoms with Crippen LogP contribution in [0.2, 0.25) is 5.02 Å². The average molecular weight is 452 g/mol. The van der Waals surface area contributed by atoms with Gasteiger partial charge in [0.2, 0.25) is 5.91 Å². The number of amides is 1. The maximum absolute atomic E-state index is 13.1. The van der Waals surface area contributed by atoms with Crippen molar-refractivity contribution < 1.29 is 9.21 Å². The highest BCUT2D eigenvalue weighted by molar-refractivity contribution is 6.33. The lowest BCUT2D eigenvalue weighted by Crippen LogP contribution is -2.51. The molecule has 0 bridgehead atoms. The molecule has 0 saturated carbocycles. The summed E-state index contributed by atoms with van der Waals surface area (Å²) in [4.78, 5) is 19.6. The Labute approximate surface area is 192 Å². The Morgan fingerprint density at radius 3 is 2.31 bits per heavy atom.